The Kier molecular flexibility index (Phi) is 6.00. The summed E-state index contributed by atoms with van der Waals surface area (Å²) in [7, 11) is 1.60. The van der Waals surface area contributed by atoms with Crippen LogP contribution in [0.4, 0.5) is 5.69 Å². The molecule has 0 amide bonds. The van der Waals surface area contributed by atoms with Crippen LogP contribution in [0.2, 0.25) is 0 Å². The fraction of sp³-hybridized carbons (Fsp3) is 0.440. The van der Waals surface area contributed by atoms with Gasteiger partial charge in [0.2, 0.25) is 0 Å². The second-order valence-corrected chi connectivity index (χ2v) is 9.22. The maximum Gasteiger partial charge on any atom is 0.168 e. The summed E-state index contributed by atoms with van der Waals surface area (Å²) < 4.78 is 10.6. The fourth-order valence-corrected chi connectivity index (χ4v) is 4.43. The SMILES string of the molecule is COc1ccc(N=C2CCCC(=O)C2=C(O)CCc2noc3c2C(=O)CC(C)(C)C3)cc1. The predicted octanol–water partition coefficient (Wildman–Crippen LogP) is 5.11. The van der Waals surface area contributed by atoms with E-state index in [1.807, 2.05) is 26.0 Å². The van der Waals surface area contributed by atoms with E-state index in [0.717, 1.165) is 5.75 Å². The molecular weight excluding hydrogens is 408 g/mol. The number of aliphatic imine (C=N–C) groups is 1. The Morgan fingerprint density at radius 3 is 2.62 bits per heavy atom. The van der Waals surface area contributed by atoms with Crippen LogP contribution in [0.15, 0.2) is 45.1 Å². The number of rotatable bonds is 5. The topological polar surface area (TPSA) is 102 Å². The van der Waals surface area contributed by atoms with E-state index in [4.69, 9.17) is 9.26 Å². The summed E-state index contributed by atoms with van der Waals surface area (Å²) in [5.41, 5.74) is 2.51. The molecule has 7 heteroatoms. The summed E-state index contributed by atoms with van der Waals surface area (Å²) >= 11 is 0. The summed E-state index contributed by atoms with van der Waals surface area (Å²) in [5, 5.41) is 14.9. The molecule has 168 valence electrons. The smallest absolute Gasteiger partial charge is 0.168 e. The lowest BCUT2D eigenvalue weighted by Gasteiger charge is -2.26. The summed E-state index contributed by atoms with van der Waals surface area (Å²) in [5.74, 6) is 1.24. The number of ether oxygens (including phenoxy) is 1. The van der Waals surface area contributed by atoms with Gasteiger partial charge in [-0.15, -0.1) is 0 Å². The molecule has 0 aliphatic heterocycles. The number of Topliss-reactive ketones (excluding diaryl/α,β-unsaturated/α-hetero) is 2. The molecule has 0 atom stereocenters. The van der Waals surface area contributed by atoms with Crippen LogP contribution in [-0.2, 0) is 17.6 Å². The van der Waals surface area contributed by atoms with Gasteiger partial charge in [-0.1, -0.05) is 19.0 Å². The van der Waals surface area contributed by atoms with Crippen molar-refractivity contribution in [1.82, 2.24) is 5.16 Å². The number of aliphatic hydroxyl groups excluding tert-OH is 1. The molecule has 1 fully saturated rings. The molecular formula is C25H28N2O5. The number of aryl methyl sites for hydroxylation is 1. The van der Waals surface area contributed by atoms with Gasteiger partial charge in [-0.25, -0.2) is 0 Å². The highest BCUT2D eigenvalue weighted by Crippen LogP contribution is 2.36. The molecule has 1 N–H and O–H groups in total. The Bertz CT molecular complexity index is 1110. The van der Waals surface area contributed by atoms with Gasteiger partial charge in [0, 0.05) is 32.1 Å². The van der Waals surface area contributed by atoms with Crippen LogP contribution in [-0.4, -0.2) is 34.7 Å². The Hall–Kier alpha value is -3.22. The zero-order valence-corrected chi connectivity index (χ0v) is 18.7. The second-order valence-electron chi connectivity index (χ2n) is 9.22. The minimum absolute atomic E-state index is 0.0118. The van der Waals surface area contributed by atoms with Crippen molar-refractivity contribution >= 4 is 23.0 Å². The van der Waals surface area contributed by atoms with E-state index in [1.165, 1.54) is 0 Å². The summed E-state index contributed by atoms with van der Waals surface area (Å²) in [6, 6.07) is 7.24. The van der Waals surface area contributed by atoms with Crippen molar-refractivity contribution in [3.63, 3.8) is 0 Å². The van der Waals surface area contributed by atoms with Gasteiger partial charge in [0.1, 0.15) is 17.3 Å². The molecule has 1 aromatic carbocycles. The van der Waals surface area contributed by atoms with Crippen molar-refractivity contribution in [3.05, 3.63) is 52.6 Å². The molecule has 32 heavy (non-hydrogen) atoms. The van der Waals surface area contributed by atoms with Crippen molar-refractivity contribution in [2.45, 2.75) is 58.8 Å². The molecule has 0 radical (unpaired) electrons. The third-order valence-corrected chi connectivity index (χ3v) is 6.00. The molecule has 0 unspecified atom stereocenters. The number of benzene rings is 1. The van der Waals surface area contributed by atoms with Crippen LogP contribution < -0.4 is 4.74 Å². The van der Waals surface area contributed by atoms with Gasteiger partial charge in [-0.2, -0.15) is 0 Å². The van der Waals surface area contributed by atoms with E-state index < -0.39 is 0 Å². The molecule has 2 aliphatic rings. The average molecular weight is 437 g/mol. The number of nitrogens with zero attached hydrogens (tertiary/aromatic N) is 2. The van der Waals surface area contributed by atoms with E-state index in [-0.39, 0.29) is 34.7 Å². The van der Waals surface area contributed by atoms with Crippen LogP contribution in [0.1, 0.15) is 67.8 Å². The lowest BCUT2D eigenvalue weighted by Crippen LogP contribution is -2.26. The molecule has 4 rings (SSSR count). The number of allylic oxidation sites excluding steroid dienone is 2. The number of aromatic nitrogens is 1. The number of ketones is 2. The fourth-order valence-electron chi connectivity index (χ4n) is 4.43. The molecule has 0 saturated heterocycles. The monoisotopic (exact) mass is 436 g/mol. The zero-order valence-electron chi connectivity index (χ0n) is 18.7. The average Bonchev–Trinajstić information content (AvgIpc) is 3.14. The minimum atomic E-state index is -0.146. The zero-order chi connectivity index (χ0) is 22.9. The molecule has 0 spiro atoms. The Balaban J connectivity index is 1.57. The summed E-state index contributed by atoms with van der Waals surface area (Å²) in [6.07, 6.45) is 3.31. The third-order valence-electron chi connectivity index (χ3n) is 6.00. The number of methoxy groups -OCH3 is 1. The van der Waals surface area contributed by atoms with Crippen LogP contribution in [0, 0.1) is 5.41 Å². The number of carbonyl (C=O) groups is 2. The normalized spacial score (nSPS) is 20.9. The van der Waals surface area contributed by atoms with Gasteiger partial charge in [-0.3, -0.25) is 14.6 Å². The lowest BCUT2D eigenvalue weighted by molar-refractivity contribution is -0.115. The maximum absolute atomic E-state index is 12.6. The number of fused-ring (bicyclic) bond motifs is 1. The molecule has 7 nitrogen and oxygen atoms in total. The third kappa shape index (κ3) is 4.52. The Morgan fingerprint density at radius 1 is 1.16 bits per heavy atom. The number of aliphatic hydroxyl groups is 1. The molecule has 2 aromatic rings. The summed E-state index contributed by atoms with van der Waals surface area (Å²) in [6.45, 7) is 4.06. The van der Waals surface area contributed by atoms with Crippen LogP contribution in [0.5, 0.6) is 5.75 Å². The first-order valence-electron chi connectivity index (χ1n) is 11.0. The standard InChI is InChI=1S/C25H28N2O5/c1-25(2)13-21(30)24-18(27-32-22(24)14-25)11-12-20(29)23-17(5-4-6-19(23)28)26-15-7-9-16(31-3)10-8-15/h7-10,29H,4-6,11-14H2,1-3H3. The van der Waals surface area contributed by atoms with Gasteiger partial charge in [0.05, 0.1) is 35.3 Å². The highest BCUT2D eigenvalue weighted by molar-refractivity contribution is 6.24. The first kappa shape index (κ1) is 22.0. The van der Waals surface area contributed by atoms with Crippen molar-refractivity contribution in [3.8, 4) is 5.75 Å². The van der Waals surface area contributed by atoms with Gasteiger partial charge in [-0.05, 0) is 42.5 Å². The van der Waals surface area contributed by atoms with Gasteiger partial charge in [0.25, 0.3) is 0 Å². The van der Waals surface area contributed by atoms with Crippen LogP contribution >= 0.6 is 0 Å². The highest BCUT2D eigenvalue weighted by Gasteiger charge is 2.36. The van der Waals surface area contributed by atoms with Crippen LogP contribution in [0.3, 0.4) is 0 Å². The number of hydrogen-bond donors (Lipinski definition) is 1. The van der Waals surface area contributed by atoms with E-state index in [0.29, 0.717) is 66.9 Å². The van der Waals surface area contributed by atoms with E-state index in [1.54, 1.807) is 19.2 Å². The molecule has 1 aromatic heterocycles. The maximum atomic E-state index is 12.6. The summed E-state index contributed by atoms with van der Waals surface area (Å²) in [4.78, 5) is 29.9. The first-order chi connectivity index (χ1) is 15.3. The van der Waals surface area contributed by atoms with Crippen molar-refractivity contribution in [2.24, 2.45) is 10.4 Å². The van der Waals surface area contributed by atoms with Gasteiger partial charge in [0.15, 0.2) is 11.6 Å². The molecule has 1 saturated carbocycles. The van der Waals surface area contributed by atoms with E-state index in [9.17, 15) is 14.7 Å². The van der Waals surface area contributed by atoms with Crippen molar-refractivity contribution < 1.29 is 24.0 Å². The minimum Gasteiger partial charge on any atom is -0.511 e. The van der Waals surface area contributed by atoms with Crippen LogP contribution in [0.25, 0.3) is 0 Å². The first-order valence-corrected chi connectivity index (χ1v) is 11.0. The number of hydrogen-bond acceptors (Lipinski definition) is 7. The second kappa shape index (κ2) is 8.73. The quantitative estimate of drug-likeness (QED) is 0.516. The molecule has 1 heterocycles. The number of carbonyl (C=O) groups excluding carboxylic acids is 2. The molecule has 0 bridgehead atoms. The van der Waals surface area contributed by atoms with Gasteiger partial charge >= 0.3 is 0 Å². The largest absolute Gasteiger partial charge is 0.511 e. The Morgan fingerprint density at radius 2 is 1.91 bits per heavy atom. The van der Waals surface area contributed by atoms with E-state index >= 15 is 0 Å². The van der Waals surface area contributed by atoms with Crippen molar-refractivity contribution in [2.75, 3.05) is 7.11 Å². The van der Waals surface area contributed by atoms with Crippen molar-refractivity contribution in [1.29, 1.82) is 0 Å². The molecule has 2 aliphatic carbocycles. The predicted molar refractivity (Wildman–Crippen MR) is 120 cm³/mol. The highest BCUT2D eigenvalue weighted by atomic mass is 16.5. The Labute approximate surface area is 187 Å². The lowest BCUT2D eigenvalue weighted by atomic mass is 9.76. The van der Waals surface area contributed by atoms with E-state index in [2.05, 4.69) is 10.1 Å². The van der Waals surface area contributed by atoms with Gasteiger partial charge < -0.3 is 14.4 Å².